The maximum absolute atomic E-state index is 12.3. The summed E-state index contributed by atoms with van der Waals surface area (Å²) in [6.45, 7) is 5.93. The highest BCUT2D eigenvalue weighted by atomic mass is 16.1. The van der Waals surface area contributed by atoms with Gasteiger partial charge in [0, 0.05) is 38.1 Å². The number of rotatable bonds is 4. The molecule has 0 spiro atoms. The van der Waals surface area contributed by atoms with Crippen molar-refractivity contribution in [2.75, 3.05) is 25.0 Å². The molecule has 2 heterocycles. The van der Waals surface area contributed by atoms with Crippen LogP contribution in [0.5, 0.6) is 0 Å². The Labute approximate surface area is 108 Å². The Morgan fingerprint density at radius 3 is 3.00 bits per heavy atom. The summed E-state index contributed by atoms with van der Waals surface area (Å²) >= 11 is 0. The maximum atomic E-state index is 12.3. The minimum atomic E-state index is -0.00648. The van der Waals surface area contributed by atoms with Gasteiger partial charge in [-0.05, 0) is 33.2 Å². The van der Waals surface area contributed by atoms with Gasteiger partial charge in [-0.15, -0.1) is 0 Å². The number of likely N-dealkylation sites (N-methyl/N-ethyl adjacent to an activating group) is 1. The lowest BCUT2D eigenvalue weighted by Crippen LogP contribution is -2.39. The predicted molar refractivity (Wildman–Crippen MR) is 73.2 cm³/mol. The molecule has 1 fully saturated rings. The molecule has 0 saturated carbocycles. The van der Waals surface area contributed by atoms with Crippen LogP contribution in [0.25, 0.3) is 0 Å². The van der Waals surface area contributed by atoms with Crippen molar-refractivity contribution >= 4 is 5.82 Å². The first kappa shape index (κ1) is 13.1. The molecule has 5 heteroatoms. The molecule has 0 aromatic carbocycles. The molecule has 18 heavy (non-hydrogen) atoms. The zero-order chi connectivity index (χ0) is 13.1. The van der Waals surface area contributed by atoms with Crippen LogP contribution in [0.3, 0.4) is 0 Å². The average molecular weight is 250 g/mol. The molecule has 100 valence electrons. The Balaban J connectivity index is 2.16. The van der Waals surface area contributed by atoms with Gasteiger partial charge in [0.05, 0.1) is 0 Å². The summed E-state index contributed by atoms with van der Waals surface area (Å²) in [5, 5.41) is 3.44. The number of hydrogen-bond donors (Lipinski definition) is 1. The van der Waals surface area contributed by atoms with E-state index in [1.807, 2.05) is 25.8 Å². The van der Waals surface area contributed by atoms with Crippen molar-refractivity contribution in [1.29, 1.82) is 0 Å². The van der Waals surface area contributed by atoms with Crippen molar-refractivity contribution < 1.29 is 0 Å². The molecule has 0 amide bonds. The minimum Gasteiger partial charge on any atom is -0.354 e. The van der Waals surface area contributed by atoms with E-state index in [1.54, 1.807) is 17.0 Å². The highest BCUT2D eigenvalue weighted by Crippen LogP contribution is 2.10. The number of anilines is 1. The third-order valence-corrected chi connectivity index (χ3v) is 3.42. The van der Waals surface area contributed by atoms with E-state index in [4.69, 9.17) is 0 Å². The lowest BCUT2D eigenvalue weighted by atomic mass is 10.2. The first-order chi connectivity index (χ1) is 8.59. The molecule has 1 saturated heterocycles. The summed E-state index contributed by atoms with van der Waals surface area (Å²) in [7, 11) is 1.94. The molecule has 5 nitrogen and oxygen atoms in total. The van der Waals surface area contributed by atoms with Crippen LogP contribution in [0, 0.1) is 0 Å². The van der Waals surface area contributed by atoms with Crippen molar-refractivity contribution in [3.8, 4) is 0 Å². The van der Waals surface area contributed by atoms with Crippen molar-refractivity contribution in [1.82, 2.24) is 14.9 Å². The summed E-state index contributed by atoms with van der Waals surface area (Å²) in [6, 6.07) is 0.640. The number of nitrogens with zero attached hydrogens (tertiary/aromatic N) is 3. The van der Waals surface area contributed by atoms with E-state index in [9.17, 15) is 4.79 Å². The Morgan fingerprint density at radius 2 is 2.39 bits per heavy atom. The van der Waals surface area contributed by atoms with Crippen LogP contribution in [-0.4, -0.2) is 35.7 Å². The fourth-order valence-corrected chi connectivity index (χ4v) is 2.41. The Hall–Kier alpha value is -1.36. The molecule has 1 N–H and O–H groups in total. The van der Waals surface area contributed by atoms with Gasteiger partial charge in [-0.25, -0.2) is 4.98 Å². The molecular formula is C13H22N4O. The first-order valence-corrected chi connectivity index (χ1v) is 6.61. The highest BCUT2D eigenvalue weighted by molar-refractivity contribution is 5.34. The second kappa shape index (κ2) is 5.52. The lowest BCUT2D eigenvalue weighted by molar-refractivity contribution is 0.563. The molecule has 1 aliphatic rings. The van der Waals surface area contributed by atoms with Crippen LogP contribution in [0.1, 0.15) is 32.7 Å². The van der Waals surface area contributed by atoms with Crippen molar-refractivity contribution in [3.63, 3.8) is 0 Å². The average Bonchev–Trinajstić information content (AvgIpc) is 2.81. The number of hydrogen-bond acceptors (Lipinski definition) is 4. The van der Waals surface area contributed by atoms with Crippen LogP contribution >= 0.6 is 0 Å². The van der Waals surface area contributed by atoms with Gasteiger partial charge in [-0.2, -0.15) is 0 Å². The van der Waals surface area contributed by atoms with Gasteiger partial charge >= 0.3 is 0 Å². The van der Waals surface area contributed by atoms with Crippen LogP contribution in [0.4, 0.5) is 5.82 Å². The van der Waals surface area contributed by atoms with Crippen LogP contribution in [0.15, 0.2) is 17.2 Å². The normalized spacial score (nSPS) is 19.4. The first-order valence-electron chi connectivity index (χ1n) is 6.61. The molecule has 0 bridgehead atoms. The van der Waals surface area contributed by atoms with E-state index >= 15 is 0 Å². The maximum Gasteiger partial charge on any atom is 0.293 e. The van der Waals surface area contributed by atoms with Crippen molar-refractivity contribution in [2.24, 2.45) is 0 Å². The van der Waals surface area contributed by atoms with Gasteiger partial charge in [-0.3, -0.25) is 4.79 Å². The largest absolute Gasteiger partial charge is 0.354 e. The van der Waals surface area contributed by atoms with E-state index < -0.39 is 0 Å². The Kier molecular flexibility index (Phi) is 4.01. The zero-order valence-electron chi connectivity index (χ0n) is 11.4. The Morgan fingerprint density at radius 1 is 1.61 bits per heavy atom. The molecule has 1 aromatic heterocycles. The molecule has 0 radical (unpaired) electrons. The summed E-state index contributed by atoms with van der Waals surface area (Å²) in [5.74, 6) is 0.542. The third-order valence-electron chi connectivity index (χ3n) is 3.42. The second-order valence-electron chi connectivity index (χ2n) is 5.23. The van der Waals surface area contributed by atoms with E-state index in [1.165, 1.54) is 12.8 Å². The van der Waals surface area contributed by atoms with Crippen molar-refractivity contribution in [3.05, 3.63) is 22.7 Å². The van der Waals surface area contributed by atoms with Gasteiger partial charge in [0.1, 0.15) is 0 Å². The topological polar surface area (TPSA) is 50.2 Å². The van der Waals surface area contributed by atoms with Crippen LogP contribution < -0.4 is 15.8 Å². The van der Waals surface area contributed by atoms with Gasteiger partial charge < -0.3 is 14.8 Å². The zero-order valence-corrected chi connectivity index (χ0v) is 11.4. The fourth-order valence-electron chi connectivity index (χ4n) is 2.41. The number of aromatic nitrogens is 2. The number of nitrogens with one attached hydrogen (secondary N) is 1. The van der Waals surface area contributed by atoms with E-state index in [-0.39, 0.29) is 11.6 Å². The molecular weight excluding hydrogens is 228 g/mol. The molecule has 1 aromatic rings. The molecule has 1 unspecified atom stereocenters. The monoisotopic (exact) mass is 250 g/mol. The molecule has 1 atom stereocenters. The molecule has 0 aliphatic carbocycles. The van der Waals surface area contributed by atoms with E-state index in [2.05, 4.69) is 10.3 Å². The highest BCUT2D eigenvalue weighted by Gasteiger charge is 2.18. The predicted octanol–water partition coefficient (Wildman–Crippen LogP) is 1.01. The lowest BCUT2D eigenvalue weighted by Gasteiger charge is -2.22. The van der Waals surface area contributed by atoms with E-state index in [0.29, 0.717) is 11.9 Å². The van der Waals surface area contributed by atoms with Gasteiger partial charge in [0.25, 0.3) is 5.56 Å². The van der Waals surface area contributed by atoms with Gasteiger partial charge in [0.2, 0.25) is 0 Å². The minimum absolute atomic E-state index is 0.00648. The quantitative estimate of drug-likeness (QED) is 0.866. The molecule has 1 aliphatic heterocycles. The summed E-state index contributed by atoms with van der Waals surface area (Å²) in [6.07, 6.45) is 5.85. The van der Waals surface area contributed by atoms with E-state index in [0.717, 1.165) is 13.1 Å². The SMILES string of the molecule is CC(C)n1ccnc(N(C)CC2CCCN2)c1=O. The Bertz CT molecular complexity index is 449. The molecule has 2 rings (SSSR count). The fraction of sp³-hybridized carbons (Fsp3) is 0.692. The summed E-state index contributed by atoms with van der Waals surface area (Å²) in [4.78, 5) is 18.5. The van der Waals surface area contributed by atoms with Crippen LogP contribution in [0.2, 0.25) is 0 Å². The summed E-state index contributed by atoms with van der Waals surface area (Å²) in [5.41, 5.74) is -0.00648. The van der Waals surface area contributed by atoms with Crippen LogP contribution in [-0.2, 0) is 0 Å². The standard InChI is InChI=1S/C13H22N4O/c1-10(2)17-8-7-15-12(13(17)18)16(3)9-11-5-4-6-14-11/h7-8,10-11,14H,4-6,9H2,1-3H3. The van der Waals surface area contributed by atoms with Crippen molar-refractivity contribution in [2.45, 2.75) is 38.8 Å². The van der Waals surface area contributed by atoms with Gasteiger partial charge in [-0.1, -0.05) is 0 Å². The third kappa shape index (κ3) is 2.72. The second-order valence-corrected chi connectivity index (χ2v) is 5.23. The summed E-state index contributed by atoms with van der Waals surface area (Å²) < 4.78 is 1.72. The smallest absolute Gasteiger partial charge is 0.293 e. The van der Waals surface area contributed by atoms with Gasteiger partial charge in [0.15, 0.2) is 5.82 Å².